The van der Waals surface area contributed by atoms with E-state index in [-0.39, 0.29) is 0 Å². The quantitative estimate of drug-likeness (QED) is 0.528. The molecule has 28 heavy (non-hydrogen) atoms. The second-order valence-corrected chi connectivity index (χ2v) is 6.42. The molecule has 4 rings (SSSR count). The average Bonchev–Trinajstić information content (AvgIpc) is 3.13. The van der Waals surface area contributed by atoms with Gasteiger partial charge in [-0.2, -0.15) is 15.3 Å². The molecule has 3 N–H and O–H groups in total. The summed E-state index contributed by atoms with van der Waals surface area (Å²) in [5, 5.41) is 23.1. The van der Waals surface area contributed by atoms with E-state index in [0.717, 1.165) is 22.7 Å². The SMILES string of the molecule is COc1cc(-n2cc(F)cn2)c(-c2ccc3c(N)cnnc3c2)cc1B(C)O. The largest absolute Gasteiger partial charge is 0.497 e. The first-order chi connectivity index (χ1) is 13.5. The minimum Gasteiger partial charge on any atom is -0.497 e. The molecular weight excluding hydrogens is 360 g/mol. The molecule has 0 radical (unpaired) electrons. The molecule has 2 aromatic heterocycles. The number of benzene rings is 2. The molecule has 0 fully saturated rings. The zero-order valence-corrected chi connectivity index (χ0v) is 15.3. The second kappa shape index (κ2) is 6.93. The summed E-state index contributed by atoms with van der Waals surface area (Å²) >= 11 is 0. The second-order valence-electron chi connectivity index (χ2n) is 6.42. The normalized spacial score (nSPS) is 11.0. The Morgan fingerprint density at radius 1 is 1.21 bits per heavy atom. The number of hydrogen-bond acceptors (Lipinski definition) is 6. The highest BCUT2D eigenvalue weighted by molar-refractivity contribution is 6.66. The topological polar surface area (TPSA) is 99.1 Å². The van der Waals surface area contributed by atoms with Crippen molar-refractivity contribution >= 4 is 29.0 Å². The van der Waals surface area contributed by atoms with Gasteiger partial charge in [-0.15, -0.1) is 0 Å². The predicted molar refractivity (Wildman–Crippen MR) is 106 cm³/mol. The number of anilines is 1. The number of aromatic nitrogens is 4. The van der Waals surface area contributed by atoms with Crippen LogP contribution in [0.4, 0.5) is 10.1 Å². The summed E-state index contributed by atoms with van der Waals surface area (Å²) in [5.74, 6) is 0.0242. The fourth-order valence-corrected chi connectivity index (χ4v) is 3.19. The van der Waals surface area contributed by atoms with Crippen molar-refractivity contribution in [3.05, 3.63) is 54.7 Å². The van der Waals surface area contributed by atoms with Crippen molar-refractivity contribution < 1.29 is 14.2 Å². The van der Waals surface area contributed by atoms with Crippen LogP contribution in [0.3, 0.4) is 0 Å². The fourth-order valence-electron chi connectivity index (χ4n) is 3.19. The Balaban J connectivity index is 2.00. The van der Waals surface area contributed by atoms with Crippen molar-refractivity contribution in [1.29, 1.82) is 0 Å². The van der Waals surface area contributed by atoms with Gasteiger partial charge >= 0.3 is 6.92 Å². The van der Waals surface area contributed by atoms with Crippen LogP contribution in [0.25, 0.3) is 27.7 Å². The molecule has 0 aliphatic rings. The summed E-state index contributed by atoms with van der Waals surface area (Å²) in [4.78, 5) is 0. The fraction of sp³-hybridized carbons (Fsp3) is 0.105. The number of hydrogen-bond donors (Lipinski definition) is 2. The van der Waals surface area contributed by atoms with E-state index >= 15 is 0 Å². The van der Waals surface area contributed by atoms with Gasteiger partial charge in [0.1, 0.15) is 5.75 Å². The van der Waals surface area contributed by atoms with Gasteiger partial charge < -0.3 is 15.5 Å². The molecule has 9 heteroatoms. The van der Waals surface area contributed by atoms with Gasteiger partial charge in [0.25, 0.3) is 0 Å². The molecule has 2 aromatic carbocycles. The van der Waals surface area contributed by atoms with Crippen molar-refractivity contribution in [2.75, 3.05) is 12.8 Å². The Morgan fingerprint density at radius 2 is 2.04 bits per heavy atom. The third-order valence-corrected chi connectivity index (χ3v) is 4.58. The van der Waals surface area contributed by atoms with Gasteiger partial charge in [0.05, 0.1) is 42.6 Å². The van der Waals surface area contributed by atoms with E-state index in [1.807, 2.05) is 18.2 Å². The van der Waals surface area contributed by atoms with Gasteiger partial charge in [0.15, 0.2) is 5.82 Å². The number of nitrogen functional groups attached to an aromatic ring is 1. The molecule has 4 aromatic rings. The minimum absolute atomic E-state index is 0.457. The first kappa shape index (κ1) is 17.9. The lowest BCUT2D eigenvalue weighted by Gasteiger charge is -2.17. The molecule has 140 valence electrons. The zero-order valence-electron chi connectivity index (χ0n) is 15.3. The summed E-state index contributed by atoms with van der Waals surface area (Å²) in [5.41, 5.74) is 9.85. The van der Waals surface area contributed by atoms with Crippen LogP contribution in [0.1, 0.15) is 0 Å². The van der Waals surface area contributed by atoms with Crippen molar-refractivity contribution in [3.8, 4) is 22.6 Å². The van der Waals surface area contributed by atoms with Gasteiger partial charge in [-0.1, -0.05) is 19.0 Å². The van der Waals surface area contributed by atoms with Crippen LogP contribution in [0.15, 0.2) is 48.9 Å². The van der Waals surface area contributed by atoms with Gasteiger partial charge in [0, 0.05) is 17.0 Å². The van der Waals surface area contributed by atoms with E-state index in [4.69, 9.17) is 10.5 Å². The van der Waals surface area contributed by atoms with E-state index < -0.39 is 12.7 Å². The lowest BCUT2D eigenvalue weighted by atomic mass is 9.63. The first-order valence-corrected chi connectivity index (χ1v) is 8.59. The maximum absolute atomic E-state index is 13.6. The Morgan fingerprint density at radius 3 is 2.71 bits per heavy atom. The summed E-state index contributed by atoms with van der Waals surface area (Å²) in [6, 6.07) is 9.11. The van der Waals surface area contributed by atoms with Gasteiger partial charge in [0.2, 0.25) is 0 Å². The summed E-state index contributed by atoms with van der Waals surface area (Å²) < 4.78 is 20.4. The number of rotatable bonds is 4. The van der Waals surface area contributed by atoms with E-state index in [0.29, 0.717) is 28.1 Å². The summed E-state index contributed by atoms with van der Waals surface area (Å²) in [6.07, 6.45) is 3.91. The van der Waals surface area contributed by atoms with Gasteiger partial charge in [-0.05, 0) is 23.2 Å². The molecule has 0 atom stereocenters. The smallest absolute Gasteiger partial charge is 0.324 e. The monoisotopic (exact) mass is 377 g/mol. The Hall–Kier alpha value is -3.46. The molecule has 0 amide bonds. The summed E-state index contributed by atoms with van der Waals surface area (Å²) in [6.45, 7) is 0.898. The van der Waals surface area contributed by atoms with E-state index in [1.165, 1.54) is 24.2 Å². The van der Waals surface area contributed by atoms with E-state index in [2.05, 4.69) is 15.3 Å². The summed E-state index contributed by atoms with van der Waals surface area (Å²) in [7, 11) is 1.52. The van der Waals surface area contributed by atoms with Crippen molar-refractivity contribution in [2.24, 2.45) is 0 Å². The van der Waals surface area contributed by atoms with Crippen LogP contribution in [0.2, 0.25) is 6.82 Å². The van der Waals surface area contributed by atoms with Crippen LogP contribution < -0.4 is 15.9 Å². The molecule has 0 spiro atoms. The maximum Gasteiger partial charge on any atom is 0.324 e. The molecule has 0 aliphatic carbocycles. The Kier molecular flexibility index (Phi) is 4.44. The minimum atomic E-state index is -0.756. The highest BCUT2D eigenvalue weighted by atomic mass is 19.1. The Bertz CT molecular complexity index is 1180. The highest BCUT2D eigenvalue weighted by Gasteiger charge is 2.20. The van der Waals surface area contributed by atoms with Crippen LogP contribution in [-0.4, -0.2) is 39.0 Å². The van der Waals surface area contributed by atoms with Crippen molar-refractivity contribution in [3.63, 3.8) is 0 Å². The number of halogens is 1. The number of nitrogens with two attached hydrogens (primary N) is 1. The lowest BCUT2D eigenvalue weighted by Crippen LogP contribution is -2.28. The molecule has 0 unspecified atom stereocenters. The van der Waals surface area contributed by atoms with Crippen molar-refractivity contribution in [1.82, 2.24) is 20.0 Å². The lowest BCUT2D eigenvalue weighted by molar-refractivity contribution is 0.416. The number of fused-ring (bicyclic) bond motifs is 1. The molecule has 7 nitrogen and oxygen atoms in total. The third-order valence-electron chi connectivity index (χ3n) is 4.58. The first-order valence-electron chi connectivity index (χ1n) is 8.59. The molecule has 0 saturated carbocycles. The predicted octanol–water partition coefficient (Wildman–Crippen LogP) is 2.03. The van der Waals surface area contributed by atoms with Gasteiger partial charge in [-0.25, -0.2) is 9.07 Å². The maximum atomic E-state index is 13.6. The van der Waals surface area contributed by atoms with Gasteiger partial charge in [-0.3, -0.25) is 0 Å². The van der Waals surface area contributed by atoms with E-state index in [9.17, 15) is 9.41 Å². The highest BCUT2D eigenvalue weighted by Crippen LogP contribution is 2.32. The van der Waals surface area contributed by atoms with Crippen LogP contribution >= 0.6 is 0 Å². The number of methoxy groups -OCH3 is 1. The number of ether oxygens (including phenoxy) is 1. The van der Waals surface area contributed by atoms with E-state index in [1.54, 1.807) is 19.0 Å². The average molecular weight is 377 g/mol. The van der Waals surface area contributed by atoms with Crippen LogP contribution in [-0.2, 0) is 0 Å². The zero-order chi connectivity index (χ0) is 19.8. The standard InChI is InChI=1S/C19H17BFN5O2/c1-20(27)15-6-14(11-3-4-13-16(22)9-23-25-17(13)5-11)18(7-19(15)28-2)26-10-12(21)8-24-26/h3-10,27H,1-2H3,(H2,22,25). The van der Waals surface area contributed by atoms with Crippen molar-refractivity contribution in [2.45, 2.75) is 6.82 Å². The number of nitrogens with zero attached hydrogens (tertiary/aromatic N) is 4. The van der Waals surface area contributed by atoms with Crippen LogP contribution in [0.5, 0.6) is 5.75 Å². The Labute approximate surface area is 160 Å². The third kappa shape index (κ3) is 3.05. The van der Waals surface area contributed by atoms with Crippen LogP contribution in [0, 0.1) is 5.82 Å². The molecule has 0 saturated heterocycles. The molecule has 0 aliphatic heterocycles. The molecule has 2 heterocycles. The molecular formula is C19H17BFN5O2. The molecule has 0 bridgehead atoms.